The number of nitrogens with zero attached hydrogens (tertiary/aromatic N) is 2. The average Bonchev–Trinajstić information content (AvgIpc) is 3.23. The van der Waals surface area contributed by atoms with E-state index >= 15 is 0 Å². The van der Waals surface area contributed by atoms with Gasteiger partial charge in [0.2, 0.25) is 10.0 Å². The third-order valence-corrected chi connectivity index (χ3v) is 6.43. The lowest BCUT2D eigenvalue weighted by Crippen LogP contribution is -2.13. The number of amides is 1. The summed E-state index contributed by atoms with van der Waals surface area (Å²) in [5, 5.41) is 12.8. The molecule has 4 aromatic rings. The summed E-state index contributed by atoms with van der Waals surface area (Å²) in [6, 6.07) is 13.5. The minimum atomic E-state index is -3.80. The minimum absolute atomic E-state index is 0.0436. The number of aryl methyl sites for hydroxylation is 1. The van der Waals surface area contributed by atoms with Crippen LogP contribution in [-0.2, 0) is 17.1 Å². The van der Waals surface area contributed by atoms with Gasteiger partial charge in [-0.2, -0.15) is 5.10 Å². The summed E-state index contributed by atoms with van der Waals surface area (Å²) in [6.45, 7) is 0. The van der Waals surface area contributed by atoms with Crippen molar-refractivity contribution in [1.29, 1.82) is 0 Å². The van der Waals surface area contributed by atoms with Gasteiger partial charge in [0.15, 0.2) is 0 Å². The Morgan fingerprint density at radius 2 is 1.86 bits per heavy atom. The van der Waals surface area contributed by atoms with E-state index in [1.807, 2.05) is 0 Å². The molecule has 2 heterocycles. The lowest BCUT2D eigenvalue weighted by atomic mass is 10.1. The van der Waals surface area contributed by atoms with Gasteiger partial charge in [-0.1, -0.05) is 12.1 Å². The molecule has 1 amide bonds. The van der Waals surface area contributed by atoms with Gasteiger partial charge in [0.1, 0.15) is 16.3 Å². The molecule has 0 aliphatic heterocycles. The van der Waals surface area contributed by atoms with E-state index < -0.39 is 10.0 Å². The summed E-state index contributed by atoms with van der Waals surface area (Å²) >= 11 is 1.23. The Bertz CT molecular complexity index is 1340. The van der Waals surface area contributed by atoms with Gasteiger partial charge < -0.3 is 5.32 Å². The molecule has 0 fully saturated rings. The molecule has 2 aromatic heterocycles. The van der Waals surface area contributed by atoms with Gasteiger partial charge in [-0.3, -0.25) is 9.48 Å². The second-order valence-corrected chi connectivity index (χ2v) is 8.90. The first kappa shape index (κ1) is 19.2. The monoisotopic (exact) mass is 430 g/mol. The Morgan fingerprint density at radius 1 is 1.17 bits per heavy atom. The molecular weight excluding hydrogens is 415 g/mol. The first-order valence-corrected chi connectivity index (χ1v) is 10.8. The zero-order valence-electron chi connectivity index (χ0n) is 15.1. The van der Waals surface area contributed by atoms with Gasteiger partial charge in [-0.05, 0) is 42.5 Å². The Hall–Kier alpha value is -3.08. The van der Waals surface area contributed by atoms with Gasteiger partial charge in [0.05, 0.1) is 9.77 Å². The maximum Gasteiger partial charge on any atom is 0.265 e. The van der Waals surface area contributed by atoms with Crippen LogP contribution in [0.2, 0.25) is 0 Å². The molecule has 148 valence electrons. The normalized spacial score (nSPS) is 11.7. The number of hydrogen-bond donors (Lipinski definition) is 2. The molecule has 0 saturated heterocycles. The van der Waals surface area contributed by atoms with Crippen molar-refractivity contribution in [3.63, 3.8) is 0 Å². The van der Waals surface area contributed by atoms with Crippen molar-refractivity contribution < 1.29 is 17.6 Å². The number of thiophene rings is 1. The van der Waals surface area contributed by atoms with Crippen LogP contribution in [0, 0.1) is 5.82 Å². The summed E-state index contributed by atoms with van der Waals surface area (Å²) in [5.74, 6) is -0.756. The van der Waals surface area contributed by atoms with E-state index in [0.717, 1.165) is 4.83 Å². The molecule has 29 heavy (non-hydrogen) atoms. The first-order valence-electron chi connectivity index (χ1n) is 8.40. The highest BCUT2D eigenvalue weighted by molar-refractivity contribution is 7.89. The number of halogens is 1. The number of hydrogen-bond acceptors (Lipinski definition) is 5. The van der Waals surface area contributed by atoms with E-state index in [1.165, 1.54) is 41.7 Å². The van der Waals surface area contributed by atoms with Gasteiger partial charge in [-0.25, -0.2) is 17.9 Å². The van der Waals surface area contributed by atoms with Crippen molar-refractivity contribution in [2.75, 3.05) is 5.32 Å². The Kier molecular flexibility index (Phi) is 4.69. The zero-order valence-corrected chi connectivity index (χ0v) is 16.7. The molecule has 0 saturated carbocycles. The molecule has 0 unspecified atom stereocenters. The van der Waals surface area contributed by atoms with Crippen molar-refractivity contribution >= 4 is 43.2 Å². The molecule has 2 aromatic carbocycles. The van der Waals surface area contributed by atoms with Crippen molar-refractivity contribution in [3.05, 3.63) is 65.3 Å². The van der Waals surface area contributed by atoms with E-state index in [2.05, 4.69) is 10.4 Å². The molecule has 4 rings (SSSR count). The number of benzene rings is 2. The third kappa shape index (κ3) is 3.65. The van der Waals surface area contributed by atoms with Gasteiger partial charge in [-0.15, -0.1) is 11.3 Å². The summed E-state index contributed by atoms with van der Waals surface area (Å²) in [7, 11) is -2.07. The van der Waals surface area contributed by atoms with E-state index in [9.17, 15) is 17.6 Å². The fourth-order valence-electron chi connectivity index (χ4n) is 2.93. The number of sulfonamides is 1. The predicted molar refractivity (Wildman–Crippen MR) is 110 cm³/mol. The minimum Gasteiger partial charge on any atom is -0.321 e. The molecule has 3 N–H and O–H groups in total. The lowest BCUT2D eigenvalue weighted by Gasteiger charge is -2.04. The number of rotatable bonds is 4. The summed E-state index contributed by atoms with van der Waals surface area (Å²) in [4.78, 5) is 13.8. The molecule has 0 spiro atoms. The summed E-state index contributed by atoms with van der Waals surface area (Å²) in [6.07, 6.45) is 0. The van der Waals surface area contributed by atoms with Crippen molar-refractivity contribution in [3.8, 4) is 11.3 Å². The van der Waals surface area contributed by atoms with Gasteiger partial charge >= 0.3 is 0 Å². The highest BCUT2D eigenvalue weighted by Crippen LogP contribution is 2.35. The number of nitrogens with two attached hydrogens (primary N) is 1. The van der Waals surface area contributed by atoms with E-state index in [-0.39, 0.29) is 16.6 Å². The van der Waals surface area contributed by atoms with Crippen molar-refractivity contribution in [1.82, 2.24) is 9.78 Å². The summed E-state index contributed by atoms with van der Waals surface area (Å²) in [5.41, 5.74) is 1.25. The topological polar surface area (TPSA) is 107 Å². The van der Waals surface area contributed by atoms with E-state index in [1.54, 1.807) is 36.0 Å². The number of aromatic nitrogens is 2. The summed E-state index contributed by atoms with van der Waals surface area (Å²) < 4.78 is 38.5. The number of fused-ring (bicyclic) bond motifs is 1. The van der Waals surface area contributed by atoms with E-state index in [0.29, 0.717) is 27.2 Å². The van der Waals surface area contributed by atoms with Crippen LogP contribution in [0.1, 0.15) is 9.67 Å². The molecule has 0 aliphatic carbocycles. The Morgan fingerprint density at radius 3 is 2.52 bits per heavy atom. The lowest BCUT2D eigenvalue weighted by molar-refractivity contribution is 0.103. The number of primary sulfonamides is 1. The molecule has 0 atom stereocenters. The SMILES string of the molecule is Cn1nc(-c2ccccc2F)c2cc(C(=O)Nc3ccc(S(N)(=O)=O)cc3)sc21. The maximum atomic E-state index is 14.2. The third-order valence-electron chi connectivity index (χ3n) is 4.30. The second kappa shape index (κ2) is 7.07. The van der Waals surface area contributed by atoms with Crippen LogP contribution in [0.15, 0.2) is 59.5 Å². The largest absolute Gasteiger partial charge is 0.321 e. The second-order valence-electron chi connectivity index (χ2n) is 6.31. The molecule has 0 aliphatic rings. The maximum absolute atomic E-state index is 14.2. The first-order chi connectivity index (χ1) is 13.7. The molecule has 10 heteroatoms. The van der Waals surface area contributed by atoms with Crippen LogP contribution in [0.3, 0.4) is 0 Å². The number of carbonyl (C=O) groups is 1. The van der Waals surface area contributed by atoms with Crippen LogP contribution in [-0.4, -0.2) is 24.1 Å². The highest BCUT2D eigenvalue weighted by Gasteiger charge is 2.19. The van der Waals surface area contributed by atoms with Crippen LogP contribution in [0.4, 0.5) is 10.1 Å². The fourth-order valence-corrected chi connectivity index (χ4v) is 4.41. The average molecular weight is 430 g/mol. The van der Waals surface area contributed by atoms with Crippen LogP contribution >= 0.6 is 11.3 Å². The van der Waals surface area contributed by atoms with E-state index in [4.69, 9.17) is 5.14 Å². The zero-order chi connectivity index (χ0) is 20.8. The quantitative estimate of drug-likeness (QED) is 0.518. The van der Waals surface area contributed by atoms with Gasteiger partial charge in [0, 0.05) is 23.7 Å². The Balaban J connectivity index is 1.66. The predicted octanol–water partition coefficient (Wildman–Crippen LogP) is 3.34. The van der Waals surface area contributed by atoms with Crippen LogP contribution in [0.5, 0.6) is 0 Å². The smallest absolute Gasteiger partial charge is 0.265 e. The number of nitrogens with one attached hydrogen (secondary N) is 1. The van der Waals surface area contributed by atoms with Crippen molar-refractivity contribution in [2.24, 2.45) is 12.2 Å². The fraction of sp³-hybridized carbons (Fsp3) is 0.0526. The molecular formula is C19H15FN4O3S2. The molecule has 7 nitrogen and oxygen atoms in total. The molecule has 0 bridgehead atoms. The van der Waals surface area contributed by atoms with Crippen LogP contribution in [0.25, 0.3) is 21.5 Å². The van der Waals surface area contributed by atoms with Gasteiger partial charge in [0.25, 0.3) is 5.91 Å². The Labute approximate surface area is 169 Å². The van der Waals surface area contributed by atoms with Crippen molar-refractivity contribution in [2.45, 2.75) is 4.90 Å². The number of carbonyl (C=O) groups excluding carboxylic acids is 1. The highest BCUT2D eigenvalue weighted by atomic mass is 32.2. The standard InChI is InChI=1S/C19H15FN4O3S2/c1-24-19-14(17(23-24)13-4-2-3-5-15(13)20)10-16(28-19)18(25)22-11-6-8-12(9-7-11)29(21,26)27/h2-10H,1H3,(H,22,25)(H2,21,26,27). The van der Waals surface area contributed by atoms with Crippen LogP contribution < -0.4 is 10.5 Å². The molecule has 0 radical (unpaired) electrons. The number of anilines is 1.